The van der Waals surface area contributed by atoms with Gasteiger partial charge in [0.2, 0.25) is 5.91 Å². The minimum Gasteiger partial charge on any atom is -0.370 e. The molecular weight excluding hydrogens is 234 g/mol. The first-order valence-electron chi connectivity index (χ1n) is 6.47. The van der Waals surface area contributed by atoms with Crippen LogP contribution in [0.4, 0.5) is 0 Å². The highest BCUT2D eigenvalue weighted by atomic mass is 16.1. The Morgan fingerprint density at radius 3 is 1.58 bits per heavy atom. The Hall–Kier alpha value is -2.09. The molecule has 0 unspecified atom stereocenters. The highest BCUT2D eigenvalue weighted by Crippen LogP contribution is 2.28. The van der Waals surface area contributed by atoms with E-state index in [1.807, 2.05) is 0 Å². The molecule has 0 saturated carbocycles. The first kappa shape index (κ1) is 13.3. The van der Waals surface area contributed by atoms with Gasteiger partial charge in [-0.3, -0.25) is 4.79 Å². The lowest BCUT2D eigenvalue weighted by Gasteiger charge is -2.17. The van der Waals surface area contributed by atoms with Gasteiger partial charge >= 0.3 is 0 Å². The number of benzene rings is 2. The van der Waals surface area contributed by atoms with Gasteiger partial charge < -0.3 is 5.73 Å². The summed E-state index contributed by atoms with van der Waals surface area (Å²) in [5.74, 6) is -0.232. The molecule has 0 aromatic heterocycles. The first-order chi connectivity index (χ1) is 9.06. The topological polar surface area (TPSA) is 43.1 Å². The molecule has 1 amide bonds. The van der Waals surface area contributed by atoms with E-state index in [2.05, 4.69) is 62.4 Å². The largest absolute Gasteiger partial charge is 0.370 e. The maximum absolute atomic E-state index is 11.3. The lowest BCUT2D eigenvalue weighted by molar-refractivity contribution is -0.118. The highest BCUT2D eigenvalue weighted by Gasteiger charge is 2.16. The third-order valence-corrected chi connectivity index (χ3v) is 3.36. The summed E-state index contributed by atoms with van der Waals surface area (Å²) in [6.45, 7) is 4.11. The molecule has 0 aliphatic heterocycles. The lowest BCUT2D eigenvalue weighted by Crippen LogP contribution is -2.16. The normalized spacial score (nSPS) is 10.7. The number of aryl methyl sites for hydroxylation is 2. The summed E-state index contributed by atoms with van der Waals surface area (Å²) >= 11 is 0. The zero-order valence-corrected chi connectivity index (χ0v) is 11.4. The molecule has 19 heavy (non-hydrogen) atoms. The second-order valence-electron chi connectivity index (χ2n) is 5.04. The van der Waals surface area contributed by atoms with Crippen LogP contribution in [-0.4, -0.2) is 5.91 Å². The van der Waals surface area contributed by atoms with E-state index in [4.69, 9.17) is 5.73 Å². The van der Waals surface area contributed by atoms with Crippen LogP contribution in [0.25, 0.3) is 0 Å². The number of carbonyl (C=O) groups excluding carboxylic acids is 1. The Balaban J connectivity index is 2.37. The molecule has 2 N–H and O–H groups in total. The van der Waals surface area contributed by atoms with Gasteiger partial charge in [-0.1, -0.05) is 59.7 Å². The van der Waals surface area contributed by atoms with Crippen molar-refractivity contribution in [3.63, 3.8) is 0 Å². The minimum atomic E-state index is -0.272. The number of amides is 1. The third kappa shape index (κ3) is 3.44. The number of nitrogens with two attached hydrogens (primary N) is 1. The van der Waals surface area contributed by atoms with E-state index in [9.17, 15) is 4.79 Å². The molecule has 0 saturated heterocycles. The van der Waals surface area contributed by atoms with E-state index in [0.29, 0.717) is 6.42 Å². The Kier molecular flexibility index (Phi) is 4.00. The number of rotatable bonds is 4. The van der Waals surface area contributed by atoms with E-state index in [1.54, 1.807) is 0 Å². The predicted molar refractivity (Wildman–Crippen MR) is 78.0 cm³/mol. The first-order valence-corrected chi connectivity index (χ1v) is 6.47. The molecule has 0 aliphatic rings. The smallest absolute Gasteiger partial charge is 0.218 e. The monoisotopic (exact) mass is 253 g/mol. The van der Waals surface area contributed by atoms with Crippen LogP contribution in [0, 0.1) is 13.8 Å². The van der Waals surface area contributed by atoms with E-state index < -0.39 is 0 Å². The van der Waals surface area contributed by atoms with Crippen molar-refractivity contribution in [3.8, 4) is 0 Å². The molecule has 2 nitrogen and oxygen atoms in total. The van der Waals surface area contributed by atoms with Crippen LogP contribution in [0.2, 0.25) is 0 Å². The Morgan fingerprint density at radius 1 is 0.895 bits per heavy atom. The van der Waals surface area contributed by atoms with Gasteiger partial charge in [0.25, 0.3) is 0 Å². The highest BCUT2D eigenvalue weighted by molar-refractivity contribution is 5.75. The zero-order chi connectivity index (χ0) is 13.8. The maximum Gasteiger partial charge on any atom is 0.218 e. The second kappa shape index (κ2) is 5.70. The third-order valence-electron chi connectivity index (χ3n) is 3.36. The number of hydrogen-bond acceptors (Lipinski definition) is 1. The molecule has 2 heteroatoms. The second-order valence-corrected chi connectivity index (χ2v) is 5.04. The average molecular weight is 253 g/mol. The fourth-order valence-electron chi connectivity index (χ4n) is 2.23. The van der Waals surface area contributed by atoms with Crippen LogP contribution in [0.5, 0.6) is 0 Å². The summed E-state index contributed by atoms with van der Waals surface area (Å²) in [4.78, 5) is 11.3. The van der Waals surface area contributed by atoms with Crippen molar-refractivity contribution < 1.29 is 4.79 Å². The Bertz CT molecular complexity index is 509. The van der Waals surface area contributed by atoms with Gasteiger partial charge in [-0.05, 0) is 25.0 Å². The zero-order valence-electron chi connectivity index (χ0n) is 11.4. The van der Waals surface area contributed by atoms with Crippen LogP contribution in [0.1, 0.15) is 34.6 Å². The molecule has 0 spiro atoms. The van der Waals surface area contributed by atoms with Gasteiger partial charge in [0.1, 0.15) is 0 Å². The molecular formula is C17H19NO. The fraction of sp³-hybridized carbons (Fsp3) is 0.235. The van der Waals surface area contributed by atoms with Crippen molar-refractivity contribution in [2.45, 2.75) is 26.2 Å². The standard InChI is InChI=1S/C17H19NO/c1-12-3-7-14(8-4-12)16(11-17(18)19)15-9-5-13(2)6-10-15/h3-10,16H,11H2,1-2H3,(H2,18,19). The summed E-state index contributed by atoms with van der Waals surface area (Å²) in [5.41, 5.74) is 10.1. The average Bonchev–Trinajstić information content (AvgIpc) is 2.38. The van der Waals surface area contributed by atoms with Crippen LogP contribution in [-0.2, 0) is 4.79 Å². The van der Waals surface area contributed by atoms with Crippen molar-refractivity contribution in [2.24, 2.45) is 5.73 Å². The quantitative estimate of drug-likeness (QED) is 0.892. The van der Waals surface area contributed by atoms with Gasteiger partial charge in [0, 0.05) is 12.3 Å². The van der Waals surface area contributed by atoms with Gasteiger partial charge in [0.05, 0.1) is 0 Å². The minimum absolute atomic E-state index is 0.0405. The number of primary amides is 1. The molecule has 2 rings (SSSR count). The SMILES string of the molecule is Cc1ccc(C(CC(N)=O)c2ccc(C)cc2)cc1. The summed E-state index contributed by atoms with van der Waals surface area (Å²) < 4.78 is 0. The summed E-state index contributed by atoms with van der Waals surface area (Å²) in [5, 5.41) is 0. The van der Waals surface area contributed by atoms with Crippen LogP contribution >= 0.6 is 0 Å². The van der Waals surface area contributed by atoms with Crippen LogP contribution in [0.15, 0.2) is 48.5 Å². The van der Waals surface area contributed by atoms with Gasteiger partial charge in [0.15, 0.2) is 0 Å². The summed E-state index contributed by atoms with van der Waals surface area (Å²) in [6.07, 6.45) is 0.339. The van der Waals surface area contributed by atoms with Crippen molar-refractivity contribution in [1.29, 1.82) is 0 Å². The predicted octanol–water partition coefficient (Wildman–Crippen LogP) is 3.31. The van der Waals surface area contributed by atoms with Crippen LogP contribution in [0.3, 0.4) is 0 Å². The molecule has 0 heterocycles. The summed E-state index contributed by atoms with van der Waals surface area (Å²) in [6, 6.07) is 16.6. The van der Waals surface area contributed by atoms with Crippen molar-refractivity contribution >= 4 is 5.91 Å². The number of carbonyl (C=O) groups is 1. The molecule has 0 radical (unpaired) electrons. The van der Waals surface area contributed by atoms with E-state index in [1.165, 1.54) is 11.1 Å². The van der Waals surface area contributed by atoms with Gasteiger partial charge in [-0.15, -0.1) is 0 Å². The van der Waals surface area contributed by atoms with E-state index in [0.717, 1.165) is 11.1 Å². The van der Waals surface area contributed by atoms with Crippen molar-refractivity contribution in [1.82, 2.24) is 0 Å². The van der Waals surface area contributed by atoms with Crippen molar-refractivity contribution in [3.05, 3.63) is 70.8 Å². The fourth-order valence-corrected chi connectivity index (χ4v) is 2.23. The lowest BCUT2D eigenvalue weighted by atomic mass is 9.87. The molecule has 0 atom stereocenters. The molecule has 0 bridgehead atoms. The Labute approximate surface area is 114 Å². The molecule has 98 valence electrons. The maximum atomic E-state index is 11.3. The van der Waals surface area contributed by atoms with Crippen LogP contribution < -0.4 is 5.73 Å². The molecule has 0 aliphatic carbocycles. The Morgan fingerprint density at radius 2 is 1.26 bits per heavy atom. The van der Waals surface area contributed by atoms with Crippen molar-refractivity contribution in [2.75, 3.05) is 0 Å². The van der Waals surface area contributed by atoms with Gasteiger partial charge in [-0.2, -0.15) is 0 Å². The molecule has 0 fully saturated rings. The van der Waals surface area contributed by atoms with E-state index >= 15 is 0 Å². The molecule has 2 aromatic rings. The van der Waals surface area contributed by atoms with Gasteiger partial charge in [-0.25, -0.2) is 0 Å². The summed E-state index contributed by atoms with van der Waals surface area (Å²) in [7, 11) is 0. The number of hydrogen-bond donors (Lipinski definition) is 1. The molecule has 2 aromatic carbocycles. The van der Waals surface area contributed by atoms with E-state index in [-0.39, 0.29) is 11.8 Å².